The number of carbonyl (C=O) groups excluding carboxylic acids is 2. The maximum Gasteiger partial charge on any atom is 0.416 e. The first-order valence-corrected chi connectivity index (χ1v) is 12.2. The van der Waals surface area contributed by atoms with E-state index in [1.54, 1.807) is 26.0 Å². The second-order valence-electron chi connectivity index (χ2n) is 9.43. The van der Waals surface area contributed by atoms with Gasteiger partial charge >= 0.3 is 24.5 Å². The SMILES string of the molecule is CCOC(=O)N1c2cc3c(cc2[C@@H](N(Cc2cc(C(F)(F)F)cc(C(F)(F)F)c2)C(=O)OC)C[C@H]1C)NCC3. The predicted molar refractivity (Wildman–Crippen MR) is 129 cm³/mol. The minimum absolute atomic E-state index is 0.0379. The summed E-state index contributed by atoms with van der Waals surface area (Å²) in [7, 11) is 1.07. The molecule has 1 N–H and O–H groups in total. The molecule has 13 heteroatoms. The summed E-state index contributed by atoms with van der Waals surface area (Å²) >= 11 is 0. The zero-order chi connectivity index (χ0) is 28.7. The molecule has 4 rings (SSSR count). The Labute approximate surface area is 220 Å². The number of carbonyl (C=O) groups is 2. The van der Waals surface area contributed by atoms with Crippen molar-refractivity contribution in [3.63, 3.8) is 0 Å². The summed E-state index contributed by atoms with van der Waals surface area (Å²) < 4.78 is 91.0. The van der Waals surface area contributed by atoms with Gasteiger partial charge in [-0.2, -0.15) is 26.3 Å². The standard InChI is InChI=1S/C26H27F6N3O4/c1-4-39-24(37)35-14(2)7-21(19-12-20-16(5-6-33-20)10-22(19)35)34(23(36)38-3)13-15-8-17(25(27,28)29)11-18(9-15)26(30,31)32/h8-12,14,21,33H,4-7,13H2,1-3H3/t14-,21+/m1/s1. The van der Waals surface area contributed by atoms with Crippen LogP contribution in [0.5, 0.6) is 0 Å². The minimum atomic E-state index is -5.04. The number of ether oxygens (including phenoxy) is 2. The number of fused-ring (bicyclic) bond motifs is 2. The summed E-state index contributed by atoms with van der Waals surface area (Å²) in [5, 5.41) is 3.21. The molecule has 2 aromatic carbocycles. The first-order chi connectivity index (χ1) is 18.2. The molecule has 2 amide bonds. The van der Waals surface area contributed by atoms with Crippen LogP contribution in [-0.4, -0.2) is 43.4 Å². The van der Waals surface area contributed by atoms with Gasteiger partial charge in [-0.25, -0.2) is 9.59 Å². The van der Waals surface area contributed by atoms with Gasteiger partial charge in [0.2, 0.25) is 0 Å². The molecule has 212 valence electrons. The average molecular weight is 560 g/mol. The topological polar surface area (TPSA) is 71.1 Å². The third-order valence-electron chi connectivity index (χ3n) is 6.84. The maximum absolute atomic E-state index is 13.5. The van der Waals surface area contributed by atoms with Crippen molar-refractivity contribution >= 4 is 23.6 Å². The molecule has 0 spiro atoms. The van der Waals surface area contributed by atoms with Crippen LogP contribution in [0.2, 0.25) is 0 Å². The van der Waals surface area contributed by atoms with Gasteiger partial charge < -0.3 is 14.8 Å². The van der Waals surface area contributed by atoms with Crippen LogP contribution < -0.4 is 10.2 Å². The minimum Gasteiger partial charge on any atom is -0.453 e. The summed E-state index contributed by atoms with van der Waals surface area (Å²) in [5.74, 6) is 0. The number of nitrogens with one attached hydrogen (secondary N) is 1. The highest BCUT2D eigenvalue weighted by molar-refractivity contribution is 5.91. The Morgan fingerprint density at radius 1 is 1.05 bits per heavy atom. The van der Waals surface area contributed by atoms with E-state index in [-0.39, 0.29) is 24.7 Å². The van der Waals surface area contributed by atoms with E-state index in [0.29, 0.717) is 36.3 Å². The lowest BCUT2D eigenvalue weighted by atomic mass is 9.89. The highest BCUT2D eigenvalue weighted by Crippen LogP contribution is 2.45. The van der Waals surface area contributed by atoms with Crippen LogP contribution in [0.25, 0.3) is 0 Å². The quantitative estimate of drug-likeness (QED) is 0.420. The summed E-state index contributed by atoms with van der Waals surface area (Å²) in [6.45, 7) is 3.55. The molecule has 0 unspecified atom stereocenters. The number of nitrogens with zero attached hydrogens (tertiary/aromatic N) is 2. The molecule has 39 heavy (non-hydrogen) atoms. The van der Waals surface area contributed by atoms with Crippen molar-refractivity contribution in [3.8, 4) is 0 Å². The summed E-state index contributed by atoms with van der Waals surface area (Å²) in [6.07, 6.45) is -10.8. The molecule has 2 aliphatic heterocycles. The number of hydrogen-bond acceptors (Lipinski definition) is 5. The molecule has 0 aliphatic carbocycles. The predicted octanol–water partition coefficient (Wildman–Crippen LogP) is 6.76. The fourth-order valence-corrected chi connectivity index (χ4v) is 5.11. The lowest BCUT2D eigenvalue weighted by molar-refractivity contribution is -0.143. The van der Waals surface area contributed by atoms with Gasteiger partial charge in [-0.05, 0) is 68.1 Å². The van der Waals surface area contributed by atoms with Crippen LogP contribution in [0.3, 0.4) is 0 Å². The van der Waals surface area contributed by atoms with Crippen LogP contribution >= 0.6 is 0 Å². The third kappa shape index (κ3) is 5.71. The molecule has 2 aliphatic rings. The Morgan fingerprint density at radius 2 is 1.69 bits per heavy atom. The van der Waals surface area contributed by atoms with Crippen molar-refractivity contribution in [2.75, 3.05) is 30.5 Å². The Kier molecular flexibility index (Phi) is 7.63. The van der Waals surface area contributed by atoms with Crippen molar-refractivity contribution in [2.24, 2.45) is 0 Å². The second kappa shape index (κ2) is 10.5. The van der Waals surface area contributed by atoms with Gasteiger partial charge in [0, 0.05) is 30.4 Å². The molecular weight excluding hydrogens is 532 g/mol. The maximum atomic E-state index is 13.5. The number of hydrogen-bond donors (Lipinski definition) is 1. The van der Waals surface area contributed by atoms with Crippen molar-refractivity contribution in [1.82, 2.24) is 4.90 Å². The van der Waals surface area contributed by atoms with Crippen molar-refractivity contribution < 1.29 is 45.4 Å². The van der Waals surface area contributed by atoms with E-state index in [9.17, 15) is 35.9 Å². The number of amides is 2. The van der Waals surface area contributed by atoms with Crippen molar-refractivity contribution in [3.05, 3.63) is 58.1 Å². The third-order valence-corrected chi connectivity index (χ3v) is 6.84. The first kappa shape index (κ1) is 28.4. The molecule has 0 fully saturated rings. The van der Waals surface area contributed by atoms with E-state index in [4.69, 9.17) is 9.47 Å². The van der Waals surface area contributed by atoms with Gasteiger partial charge in [0.25, 0.3) is 0 Å². The zero-order valence-electron chi connectivity index (χ0n) is 21.4. The molecular formula is C26H27F6N3O4. The van der Waals surface area contributed by atoms with E-state index in [1.165, 1.54) is 4.90 Å². The number of halogens is 6. The number of alkyl halides is 6. The number of anilines is 2. The molecule has 0 aromatic heterocycles. The van der Waals surface area contributed by atoms with Crippen LogP contribution in [-0.2, 0) is 34.8 Å². The lowest BCUT2D eigenvalue weighted by Crippen LogP contribution is -2.47. The fourth-order valence-electron chi connectivity index (χ4n) is 5.11. The summed E-state index contributed by atoms with van der Waals surface area (Å²) in [6, 6.07) is 3.42. The molecule has 7 nitrogen and oxygen atoms in total. The Balaban J connectivity index is 1.83. The molecule has 0 radical (unpaired) electrons. The van der Waals surface area contributed by atoms with Gasteiger partial charge in [-0.3, -0.25) is 9.80 Å². The van der Waals surface area contributed by atoms with Crippen molar-refractivity contribution in [1.29, 1.82) is 0 Å². The molecule has 2 heterocycles. The van der Waals surface area contributed by atoms with Crippen LogP contribution in [0.4, 0.5) is 47.3 Å². The van der Waals surface area contributed by atoms with E-state index in [2.05, 4.69) is 5.32 Å². The number of methoxy groups -OCH3 is 1. The Morgan fingerprint density at radius 3 is 2.26 bits per heavy atom. The summed E-state index contributed by atoms with van der Waals surface area (Å²) in [4.78, 5) is 28.4. The number of benzene rings is 2. The van der Waals surface area contributed by atoms with E-state index in [1.807, 2.05) is 0 Å². The van der Waals surface area contributed by atoms with Crippen LogP contribution in [0, 0.1) is 0 Å². The normalized spacial score (nSPS) is 18.6. The van der Waals surface area contributed by atoms with Gasteiger partial charge in [0.1, 0.15) is 0 Å². The number of rotatable bonds is 4. The van der Waals surface area contributed by atoms with Gasteiger partial charge in [0.15, 0.2) is 0 Å². The molecule has 0 saturated heterocycles. The average Bonchev–Trinajstić information content (AvgIpc) is 3.31. The van der Waals surface area contributed by atoms with Crippen LogP contribution in [0.15, 0.2) is 30.3 Å². The van der Waals surface area contributed by atoms with Gasteiger partial charge in [0.05, 0.1) is 36.6 Å². The monoisotopic (exact) mass is 559 g/mol. The van der Waals surface area contributed by atoms with E-state index in [0.717, 1.165) is 23.3 Å². The van der Waals surface area contributed by atoms with E-state index < -0.39 is 54.3 Å². The molecule has 2 atom stereocenters. The highest BCUT2D eigenvalue weighted by atomic mass is 19.4. The van der Waals surface area contributed by atoms with Crippen LogP contribution in [0.1, 0.15) is 54.1 Å². The smallest absolute Gasteiger partial charge is 0.416 e. The Bertz CT molecular complexity index is 1230. The van der Waals surface area contributed by atoms with Crippen molar-refractivity contribution in [2.45, 2.75) is 57.7 Å². The fraction of sp³-hybridized carbons (Fsp3) is 0.462. The highest BCUT2D eigenvalue weighted by Gasteiger charge is 2.41. The second-order valence-corrected chi connectivity index (χ2v) is 9.43. The summed E-state index contributed by atoms with van der Waals surface area (Å²) in [5.41, 5.74) is -0.705. The van der Waals surface area contributed by atoms with Gasteiger partial charge in [-0.15, -0.1) is 0 Å². The first-order valence-electron chi connectivity index (χ1n) is 12.2. The molecule has 2 aromatic rings. The van der Waals surface area contributed by atoms with E-state index >= 15 is 0 Å². The van der Waals surface area contributed by atoms with Gasteiger partial charge in [-0.1, -0.05) is 0 Å². The lowest BCUT2D eigenvalue weighted by Gasteiger charge is -2.42. The molecule has 0 saturated carbocycles. The molecule has 0 bridgehead atoms. The largest absolute Gasteiger partial charge is 0.453 e. The zero-order valence-corrected chi connectivity index (χ0v) is 21.4. The Hall–Kier alpha value is -3.64.